The topological polar surface area (TPSA) is 47.7 Å². The lowest BCUT2D eigenvalue weighted by atomic mass is 10.2. The molecule has 0 aromatic carbocycles. The summed E-state index contributed by atoms with van der Waals surface area (Å²) in [5, 5.41) is 0. The maximum absolute atomic E-state index is 5.68. The first kappa shape index (κ1) is 15.6. The van der Waals surface area contributed by atoms with E-state index < -0.39 is 0 Å². The summed E-state index contributed by atoms with van der Waals surface area (Å²) in [6.07, 6.45) is 0. The van der Waals surface area contributed by atoms with Gasteiger partial charge in [-0.15, -0.1) is 11.3 Å². The lowest BCUT2D eigenvalue weighted by molar-refractivity contribution is 0.110. The number of thiophene rings is 1. The summed E-state index contributed by atoms with van der Waals surface area (Å²) in [5.74, 6) is 0. The largest absolute Gasteiger partial charge is 0.383 e. The van der Waals surface area contributed by atoms with Crippen LogP contribution in [0.15, 0.2) is 6.07 Å². The molecule has 4 nitrogen and oxygen atoms in total. The highest BCUT2D eigenvalue weighted by Crippen LogP contribution is 2.22. The molecule has 0 unspecified atom stereocenters. The zero-order valence-corrected chi connectivity index (χ0v) is 12.4. The van der Waals surface area contributed by atoms with Gasteiger partial charge in [0.1, 0.15) is 0 Å². The highest BCUT2D eigenvalue weighted by Gasteiger charge is 2.10. The van der Waals surface area contributed by atoms with Crippen LogP contribution in [0.25, 0.3) is 0 Å². The van der Waals surface area contributed by atoms with Gasteiger partial charge in [-0.3, -0.25) is 4.90 Å². The van der Waals surface area contributed by atoms with Crippen LogP contribution >= 0.6 is 11.3 Å². The molecule has 0 aliphatic heterocycles. The van der Waals surface area contributed by atoms with Gasteiger partial charge in [-0.05, 0) is 18.6 Å². The van der Waals surface area contributed by atoms with Crippen molar-refractivity contribution in [3.8, 4) is 0 Å². The van der Waals surface area contributed by atoms with E-state index in [2.05, 4.69) is 17.9 Å². The maximum Gasteiger partial charge on any atom is 0.0589 e. The number of rotatable bonds is 9. The third-order valence-corrected chi connectivity index (χ3v) is 4.01. The van der Waals surface area contributed by atoms with Crippen molar-refractivity contribution < 1.29 is 9.47 Å². The van der Waals surface area contributed by atoms with Crippen molar-refractivity contribution >= 4 is 11.3 Å². The summed E-state index contributed by atoms with van der Waals surface area (Å²) in [7, 11) is 3.47. The minimum Gasteiger partial charge on any atom is -0.383 e. The Morgan fingerprint density at radius 3 is 2.28 bits per heavy atom. The lowest BCUT2D eigenvalue weighted by Gasteiger charge is -2.21. The number of nitrogens with zero attached hydrogens (tertiary/aromatic N) is 1. The van der Waals surface area contributed by atoms with E-state index in [-0.39, 0.29) is 0 Å². The Morgan fingerprint density at radius 1 is 1.22 bits per heavy atom. The van der Waals surface area contributed by atoms with E-state index >= 15 is 0 Å². The van der Waals surface area contributed by atoms with Gasteiger partial charge < -0.3 is 15.2 Å². The Hall–Kier alpha value is -0.460. The number of ether oxygens (including phenoxy) is 2. The van der Waals surface area contributed by atoms with Crippen molar-refractivity contribution in [1.82, 2.24) is 4.90 Å². The fourth-order valence-electron chi connectivity index (χ4n) is 1.80. The van der Waals surface area contributed by atoms with Gasteiger partial charge in [0.2, 0.25) is 0 Å². The van der Waals surface area contributed by atoms with Crippen LogP contribution in [0.2, 0.25) is 0 Å². The first-order valence-electron chi connectivity index (χ1n) is 6.19. The van der Waals surface area contributed by atoms with Crippen LogP contribution < -0.4 is 5.73 Å². The van der Waals surface area contributed by atoms with E-state index in [9.17, 15) is 0 Å². The molecule has 1 aromatic rings. The highest BCUT2D eigenvalue weighted by molar-refractivity contribution is 7.12. The normalized spacial score (nSPS) is 11.4. The first-order valence-corrected chi connectivity index (χ1v) is 7.01. The van der Waals surface area contributed by atoms with E-state index in [1.54, 1.807) is 25.6 Å². The number of aryl methyl sites for hydroxylation is 1. The van der Waals surface area contributed by atoms with Gasteiger partial charge in [0.15, 0.2) is 0 Å². The zero-order chi connectivity index (χ0) is 13.4. The number of hydrogen-bond donors (Lipinski definition) is 1. The quantitative estimate of drug-likeness (QED) is 0.742. The smallest absolute Gasteiger partial charge is 0.0589 e. The summed E-state index contributed by atoms with van der Waals surface area (Å²) >= 11 is 1.79. The number of hydrogen-bond acceptors (Lipinski definition) is 5. The average molecular weight is 272 g/mol. The molecule has 2 N–H and O–H groups in total. The van der Waals surface area contributed by atoms with E-state index in [4.69, 9.17) is 15.2 Å². The molecule has 0 spiro atoms. The molecule has 0 aliphatic carbocycles. The molecule has 1 rings (SSSR count). The van der Waals surface area contributed by atoms with Gasteiger partial charge in [-0.25, -0.2) is 0 Å². The standard InChI is InChI=1S/C13H24N2O2S/c1-11-12(8-13(9-14)18-11)10-15(4-6-16-2)5-7-17-3/h8H,4-7,9-10,14H2,1-3H3. The van der Waals surface area contributed by atoms with Gasteiger partial charge >= 0.3 is 0 Å². The van der Waals surface area contributed by atoms with Crippen LogP contribution in [0.3, 0.4) is 0 Å². The van der Waals surface area contributed by atoms with Crippen molar-refractivity contribution in [2.45, 2.75) is 20.0 Å². The van der Waals surface area contributed by atoms with Gasteiger partial charge in [-0.1, -0.05) is 0 Å². The molecule has 0 saturated carbocycles. The Labute approximate surface area is 114 Å². The van der Waals surface area contributed by atoms with Crippen molar-refractivity contribution in [3.05, 3.63) is 21.4 Å². The molecule has 0 radical (unpaired) electrons. The predicted molar refractivity (Wildman–Crippen MR) is 76.0 cm³/mol. The summed E-state index contributed by atoms with van der Waals surface area (Å²) in [5.41, 5.74) is 7.05. The van der Waals surface area contributed by atoms with Crippen LogP contribution in [0, 0.1) is 6.92 Å². The second-order valence-electron chi connectivity index (χ2n) is 4.26. The minimum absolute atomic E-state index is 0.627. The second kappa shape index (κ2) is 8.61. The van der Waals surface area contributed by atoms with E-state index in [0.29, 0.717) is 6.54 Å². The van der Waals surface area contributed by atoms with Crippen LogP contribution in [0.1, 0.15) is 15.3 Å². The number of methoxy groups -OCH3 is 2. The monoisotopic (exact) mass is 272 g/mol. The second-order valence-corrected chi connectivity index (χ2v) is 5.60. The van der Waals surface area contributed by atoms with E-state index in [1.165, 1.54) is 15.3 Å². The Balaban J connectivity index is 2.59. The van der Waals surface area contributed by atoms with E-state index in [0.717, 1.165) is 32.8 Å². The Morgan fingerprint density at radius 2 is 1.83 bits per heavy atom. The highest BCUT2D eigenvalue weighted by atomic mass is 32.1. The molecule has 5 heteroatoms. The molecular weight excluding hydrogens is 248 g/mol. The minimum atomic E-state index is 0.627. The molecule has 0 amide bonds. The molecule has 104 valence electrons. The lowest BCUT2D eigenvalue weighted by Crippen LogP contribution is -2.30. The zero-order valence-electron chi connectivity index (χ0n) is 11.6. The fourth-order valence-corrected chi connectivity index (χ4v) is 2.73. The van der Waals surface area contributed by atoms with Crippen molar-refractivity contribution in [3.63, 3.8) is 0 Å². The van der Waals surface area contributed by atoms with Crippen molar-refractivity contribution in [1.29, 1.82) is 0 Å². The average Bonchev–Trinajstić information content (AvgIpc) is 2.73. The Kier molecular flexibility index (Phi) is 7.46. The van der Waals surface area contributed by atoms with Crippen LogP contribution in [0.4, 0.5) is 0 Å². The van der Waals surface area contributed by atoms with Gasteiger partial charge in [0.05, 0.1) is 13.2 Å². The molecule has 0 saturated heterocycles. The number of nitrogens with two attached hydrogens (primary N) is 1. The maximum atomic E-state index is 5.68. The third-order valence-electron chi connectivity index (χ3n) is 2.89. The third kappa shape index (κ3) is 5.04. The summed E-state index contributed by atoms with van der Waals surface area (Å²) in [4.78, 5) is 4.96. The fraction of sp³-hybridized carbons (Fsp3) is 0.692. The van der Waals surface area contributed by atoms with Gasteiger partial charge in [-0.2, -0.15) is 0 Å². The first-order chi connectivity index (χ1) is 8.71. The molecule has 1 heterocycles. The van der Waals surface area contributed by atoms with Crippen molar-refractivity contribution in [2.75, 3.05) is 40.5 Å². The molecule has 0 fully saturated rings. The van der Waals surface area contributed by atoms with Gasteiger partial charge in [0.25, 0.3) is 0 Å². The SMILES string of the molecule is COCCN(CCOC)Cc1cc(CN)sc1C. The molecule has 0 aliphatic rings. The van der Waals surface area contributed by atoms with Crippen LogP contribution in [-0.2, 0) is 22.6 Å². The molecule has 0 atom stereocenters. The Bertz CT molecular complexity index is 334. The van der Waals surface area contributed by atoms with Crippen LogP contribution in [-0.4, -0.2) is 45.4 Å². The molecule has 0 bridgehead atoms. The van der Waals surface area contributed by atoms with Crippen LogP contribution in [0.5, 0.6) is 0 Å². The predicted octanol–water partition coefficient (Wildman–Crippen LogP) is 1.61. The molecule has 18 heavy (non-hydrogen) atoms. The van der Waals surface area contributed by atoms with Gasteiger partial charge in [0, 0.05) is 50.2 Å². The summed E-state index contributed by atoms with van der Waals surface area (Å²) in [6.45, 7) is 7.06. The summed E-state index contributed by atoms with van der Waals surface area (Å²) in [6, 6.07) is 2.21. The molecule has 1 aromatic heterocycles. The molecular formula is C13H24N2O2S. The van der Waals surface area contributed by atoms with E-state index in [1.807, 2.05) is 0 Å². The summed E-state index contributed by atoms with van der Waals surface area (Å²) < 4.78 is 10.3. The van der Waals surface area contributed by atoms with Crippen molar-refractivity contribution in [2.24, 2.45) is 5.73 Å².